The fourth-order valence-electron chi connectivity index (χ4n) is 1.91. The van der Waals surface area contributed by atoms with Crippen molar-refractivity contribution in [2.75, 3.05) is 5.75 Å². The monoisotopic (exact) mass is 354 g/mol. The SMILES string of the molecule is Clc1ccc(C2=NC(c3ccccc3Cl)=NSC2)cc1Cl. The van der Waals surface area contributed by atoms with Gasteiger partial charge in [0.25, 0.3) is 0 Å². The maximum absolute atomic E-state index is 6.20. The smallest absolute Gasteiger partial charge is 0.168 e. The van der Waals surface area contributed by atoms with E-state index in [4.69, 9.17) is 34.8 Å². The minimum atomic E-state index is 0.517. The molecule has 0 aliphatic carbocycles. The molecular weight excluding hydrogens is 347 g/mol. The second kappa shape index (κ2) is 6.41. The third kappa shape index (κ3) is 3.27. The Morgan fingerprint density at radius 2 is 1.71 bits per heavy atom. The maximum Gasteiger partial charge on any atom is 0.168 e. The van der Waals surface area contributed by atoms with E-state index >= 15 is 0 Å². The highest BCUT2D eigenvalue weighted by Gasteiger charge is 2.15. The van der Waals surface area contributed by atoms with Crippen molar-refractivity contribution in [1.82, 2.24) is 0 Å². The van der Waals surface area contributed by atoms with Gasteiger partial charge in [-0.1, -0.05) is 53.0 Å². The molecule has 6 heteroatoms. The van der Waals surface area contributed by atoms with Gasteiger partial charge in [0.15, 0.2) is 5.84 Å². The van der Waals surface area contributed by atoms with Crippen LogP contribution in [0, 0.1) is 0 Å². The van der Waals surface area contributed by atoms with Crippen LogP contribution in [0.4, 0.5) is 0 Å². The number of halogens is 3. The van der Waals surface area contributed by atoms with Crippen molar-refractivity contribution >= 4 is 58.3 Å². The van der Waals surface area contributed by atoms with E-state index < -0.39 is 0 Å². The lowest BCUT2D eigenvalue weighted by atomic mass is 10.1. The van der Waals surface area contributed by atoms with E-state index in [9.17, 15) is 0 Å². The highest BCUT2D eigenvalue weighted by atomic mass is 35.5. The first-order valence-electron chi connectivity index (χ1n) is 6.13. The molecule has 2 aromatic rings. The van der Waals surface area contributed by atoms with Gasteiger partial charge in [-0.3, -0.25) is 0 Å². The fraction of sp³-hybridized carbons (Fsp3) is 0.0667. The summed E-state index contributed by atoms with van der Waals surface area (Å²) in [5.74, 6) is 1.31. The average molecular weight is 356 g/mol. The number of aliphatic imine (C=N–C) groups is 1. The molecule has 0 atom stereocenters. The van der Waals surface area contributed by atoms with E-state index in [0.29, 0.717) is 26.7 Å². The molecule has 2 aromatic carbocycles. The van der Waals surface area contributed by atoms with Crippen LogP contribution in [0.5, 0.6) is 0 Å². The largest absolute Gasteiger partial charge is 0.231 e. The van der Waals surface area contributed by atoms with Crippen LogP contribution in [0.1, 0.15) is 11.1 Å². The Bertz CT molecular complexity index is 756. The molecule has 0 saturated heterocycles. The molecule has 0 bridgehead atoms. The number of amidine groups is 1. The van der Waals surface area contributed by atoms with Gasteiger partial charge in [-0.15, -0.1) is 0 Å². The molecule has 21 heavy (non-hydrogen) atoms. The fourth-order valence-corrected chi connectivity index (χ4v) is 3.11. The van der Waals surface area contributed by atoms with Gasteiger partial charge in [0, 0.05) is 5.56 Å². The number of benzene rings is 2. The maximum atomic E-state index is 6.20. The standard InChI is InChI=1S/C15H9Cl3N2S/c16-11-4-2-1-3-10(11)15-19-14(8-21-20-15)9-5-6-12(17)13(18)7-9/h1-7H,8H2. The van der Waals surface area contributed by atoms with Gasteiger partial charge in [0.1, 0.15) is 0 Å². The van der Waals surface area contributed by atoms with E-state index in [-0.39, 0.29) is 0 Å². The van der Waals surface area contributed by atoms with E-state index in [0.717, 1.165) is 16.8 Å². The predicted molar refractivity (Wildman–Crippen MR) is 93.4 cm³/mol. The summed E-state index contributed by atoms with van der Waals surface area (Å²) in [5, 5.41) is 1.68. The molecule has 0 amide bonds. The van der Waals surface area contributed by atoms with Crippen LogP contribution in [0.2, 0.25) is 15.1 Å². The van der Waals surface area contributed by atoms with Crippen LogP contribution in [0.25, 0.3) is 0 Å². The number of nitrogens with zero attached hydrogens (tertiary/aromatic N) is 2. The number of hydrogen-bond acceptors (Lipinski definition) is 3. The quantitative estimate of drug-likeness (QED) is 0.649. The summed E-state index contributed by atoms with van der Waals surface area (Å²) in [4.78, 5) is 4.61. The van der Waals surface area contributed by atoms with Crippen LogP contribution < -0.4 is 0 Å². The van der Waals surface area contributed by atoms with Gasteiger partial charge in [-0.2, -0.15) is 4.40 Å². The first-order valence-corrected chi connectivity index (χ1v) is 8.20. The summed E-state index contributed by atoms with van der Waals surface area (Å²) in [5.41, 5.74) is 2.67. The molecule has 106 valence electrons. The topological polar surface area (TPSA) is 24.7 Å². The Morgan fingerprint density at radius 3 is 2.48 bits per heavy atom. The molecule has 0 spiro atoms. The second-order valence-electron chi connectivity index (χ2n) is 4.36. The molecule has 0 N–H and O–H groups in total. The van der Waals surface area contributed by atoms with Crippen LogP contribution >= 0.6 is 46.8 Å². The summed E-state index contributed by atoms with van der Waals surface area (Å²) in [6.07, 6.45) is 0. The number of rotatable bonds is 2. The first kappa shape index (κ1) is 14.9. The van der Waals surface area contributed by atoms with Gasteiger partial charge in [0.2, 0.25) is 0 Å². The Hall–Kier alpha value is -1.000. The molecule has 1 aliphatic rings. The van der Waals surface area contributed by atoms with Crippen LogP contribution in [-0.4, -0.2) is 17.3 Å². The van der Waals surface area contributed by atoms with Crippen LogP contribution in [0.3, 0.4) is 0 Å². The Labute approximate surface area is 142 Å². The lowest BCUT2D eigenvalue weighted by Crippen LogP contribution is -2.13. The van der Waals surface area contributed by atoms with Gasteiger partial charge < -0.3 is 0 Å². The zero-order chi connectivity index (χ0) is 14.8. The van der Waals surface area contributed by atoms with Crippen molar-refractivity contribution in [3.63, 3.8) is 0 Å². The zero-order valence-electron chi connectivity index (χ0n) is 10.7. The summed E-state index contributed by atoms with van der Waals surface area (Å²) in [6, 6.07) is 13.0. The van der Waals surface area contributed by atoms with E-state index in [2.05, 4.69) is 9.39 Å². The summed E-state index contributed by atoms with van der Waals surface area (Å²) < 4.78 is 4.38. The normalized spacial score (nSPS) is 14.6. The third-order valence-corrected chi connectivity index (χ3v) is 4.73. The van der Waals surface area contributed by atoms with Crippen molar-refractivity contribution in [1.29, 1.82) is 0 Å². The average Bonchev–Trinajstić information content (AvgIpc) is 2.51. The third-order valence-electron chi connectivity index (χ3n) is 2.96. The molecule has 0 radical (unpaired) electrons. The van der Waals surface area contributed by atoms with Gasteiger partial charge >= 0.3 is 0 Å². The Balaban J connectivity index is 1.99. The Morgan fingerprint density at radius 1 is 0.905 bits per heavy atom. The lowest BCUT2D eigenvalue weighted by Gasteiger charge is -2.13. The zero-order valence-corrected chi connectivity index (χ0v) is 13.8. The molecule has 0 saturated carbocycles. The van der Waals surface area contributed by atoms with Crippen molar-refractivity contribution in [2.24, 2.45) is 9.39 Å². The van der Waals surface area contributed by atoms with Gasteiger partial charge in [-0.05, 0) is 41.8 Å². The van der Waals surface area contributed by atoms with E-state index in [1.807, 2.05) is 36.4 Å². The highest BCUT2D eigenvalue weighted by molar-refractivity contribution is 7.99. The second-order valence-corrected chi connectivity index (χ2v) is 6.31. The van der Waals surface area contributed by atoms with Crippen molar-refractivity contribution in [2.45, 2.75) is 0 Å². The Kier molecular flexibility index (Phi) is 4.55. The van der Waals surface area contributed by atoms with Gasteiger partial charge in [0.05, 0.1) is 26.5 Å². The minimum Gasteiger partial charge on any atom is -0.231 e. The van der Waals surface area contributed by atoms with Gasteiger partial charge in [-0.25, -0.2) is 4.99 Å². The van der Waals surface area contributed by atoms with E-state index in [1.165, 1.54) is 11.9 Å². The molecule has 1 heterocycles. The molecule has 0 aromatic heterocycles. The van der Waals surface area contributed by atoms with E-state index in [1.54, 1.807) is 6.07 Å². The van der Waals surface area contributed by atoms with Crippen LogP contribution in [-0.2, 0) is 0 Å². The highest BCUT2D eigenvalue weighted by Crippen LogP contribution is 2.26. The lowest BCUT2D eigenvalue weighted by molar-refractivity contribution is 1.49. The van der Waals surface area contributed by atoms with Crippen LogP contribution in [0.15, 0.2) is 51.9 Å². The molecule has 2 nitrogen and oxygen atoms in total. The molecular formula is C15H9Cl3N2S. The minimum absolute atomic E-state index is 0.517. The first-order chi connectivity index (χ1) is 10.1. The summed E-state index contributed by atoms with van der Waals surface area (Å²) in [6.45, 7) is 0. The van der Waals surface area contributed by atoms with Crippen molar-refractivity contribution in [3.8, 4) is 0 Å². The van der Waals surface area contributed by atoms with Crippen molar-refractivity contribution < 1.29 is 0 Å². The molecule has 3 rings (SSSR count). The summed E-state index contributed by atoms with van der Waals surface area (Å²) >= 11 is 19.7. The molecule has 1 aliphatic heterocycles. The number of hydrogen-bond donors (Lipinski definition) is 0. The van der Waals surface area contributed by atoms with Crippen molar-refractivity contribution in [3.05, 3.63) is 68.7 Å². The summed E-state index contributed by atoms with van der Waals surface area (Å²) in [7, 11) is 0. The predicted octanol–water partition coefficient (Wildman–Crippen LogP) is 5.54. The molecule has 0 fully saturated rings. The molecule has 0 unspecified atom stereocenters.